The number of aromatic nitrogens is 1. The van der Waals surface area contributed by atoms with E-state index in [1.54, 1.807) is 19.9 Å². The third-order valence-corrected chi connectivity index (χ3v) is 8.26. The SMILES string of the molecule is COc1ccc(S(=O)(=O)/N=c2\sccn2S(=O)(=O)c2ccc(OC)c(C)c2)cc1C. The molecule has 160 valence electrons. The Bertz CT molecular complexity index is 1370. The van der Waals surface area contributed by atoms with Crippen molar-refractivity contribution in [2.75, 3.05) is 14.2 Å². The highest BCUT2D eigenvalue weighted by molar-refractivity contribution is 7.90. The van der Waals surface area contributed by atoms with Crippen molar-refractivity contribution in [3.8, 4) is 11.5 Å². The lowest BCUT2D eigenvalue weighted by Crippen LogP contribution is -2.24. The molecular formula is C19H20N2O6S3. The topological polar surface area (TPSA) is 104 Å². The van der Waals surface area contributed by atoms with Crippen LogP contribution < -0.4 is 14.3 Å². The van der Waals surface area contributed by atoms with Crippen molar-refractivity contribution in [3.63, 3.8) is 0 Å². The van der Waals surface area contributed by atoms with Gasteiger partial charge in [0.15, 0.2) is 0 Å². The first-order chi connectivity index (χ1) is 14.1. The molecule has 11 heteroatoms. The van der Waals surface area contributed by atoms with E-state index in [9.17, 15) is 16.8 Å². The van der Waals surface area contributed by atoms with Gasteiger partial charge >= 0.3 is 0 Å². The molecule has 0 unspecified atom stereocenters. The zero-order chi connectivity index (χ0) is 22.1. The molecule has 3 rings (SSSR count). The highest BCUT2D eigenvalue weighted by Gasteiger charge is 2.21. The van der Waals surface area contributed by atoms with E-state index in [-0.39, 0.29) is 14.6 Å². The van der Waals surface area contributed by atoms with Crippen LogP contribution in [0.1, 0.15) is 11.1 Å². The molecule has 0 N–H and O–H groups in total. The fourth-order valence-corrected chi connectivity index (χ4v) is 6.51. The number of benzene rings is 2. The van der Waals surface area contributed by atoms with Crippen molar-refractivity contribution in [1.82, 2.24) is 3.97 Å². The van der Waals surface area contributed by atoms with Crippen LogP contribution in [0.5, 0.6) is 11.5 Å². The molecule has 3 aromatic rings. The first kappa shape index (κ1) is 22.1. The standard InChI is InChI=1S/C19H20N2O6S3/c1-13-11-15(5-7-17(13)26-3)29(22,23)20-19-21(9-10-28-19)30(24,25)16-6-8-18(27-4)14(2)12-16/h5-12H,1-4H3/b20-19-. The smallest absolute Gasteiger partial charge is 0.285 e. The maximum atomic E-state index is 13.1. The summed E-state index contributed by atoms with van der Waals surface area (Å²) in [6.45, 7) is 3.43. The van der Waals surface area contributed by atoms with Gasteiger partial charge in [0.25, 0.3) is 20.0 Å². The second kappa shape index (κ2) is 8.25. The molecule has 0 fully saturated rings. The average molecular weight is 469 g/mol. The summed E-state index contributed by atoms with van der Waals surface area (Å²) in [6.07, 6.45) is 1.27. The lowest BCUT2D eigenvalue weighted by Gasteiger charge is -2.09. The zero-order valence-corrected chi connectivity index (χ0v) is 19.1. The number of nitrogens with zero attached hydrogens (tertiary/aromatic N) is 2. The maximum Gasteiger partial charge on any atom is 0.285 e. The van der Waals surface area contributed by atoms with Gasteiger partial charge in [-0.15, -0.1) is 15.7 Å². The Balaban J connectivity index is 2.11. The molecule has 0 aliphatic heterocycles. The van der Waals surface area contributed by atoms with Gasteiger partial charge in [0, 0.05) is 11.6 Å². The molecule has 0 radical (unpaired) electrons. The van der Waals surface area contributed by atoms with Crippen LogP contribution in [0, 0.1) is 13.8 Å². The minimum absolute atomic E-state index is 0.00154. The number of aryl methyl sites for hydroxylation is 2. The third kappa shape index (κ3) is 4.13. The molecule has 0 saturated heterocycles. The minimum atomic E-state index is -4.14. The minimum Gasteiger partial charge on any atom is -0.496 e. The number of thiazole rings is 1. The molecular weight excluding hydrogens is 448 g/mol. The van der Waals surface area contributed by atoms with E-state index in [4.69, 9.17) is 9.47 Å². The number of ether oxygens (including phenoxy) is 2. The number of methoxy groups -OCH3 is 2. The molecule has 1 aromatic heterocycles. The fourth-order valence-electron chi connectivity index (χ4n) is 2.80. The first-order valence-electron chi connectivity index (χ1n) is 8.62. The number of hydrogen-bond donors (Lipinski definition) is 0. The summed E-state index contributed by atoms with van der Waals surface area (Å²) in [4.78, 5) is -0.242. The van der Waals surface area contributed by atoms with Crippen molar-refractivity contribution in [1.29, 1.82) is 0 Å². The van der Waals surface area contributed by atoms with Gasteiger partial charge in [0.05, 0.1) is 24.0 Å². The van der Waals surface area contributed by atoms with Gasteiger partial charge in [0.1, 0.15) is 11.5 Å². The van der Waals surface area contributed by atoms with Gasteiger partial charge in [-0.3, -0.25) is 0 Å². The van der Waals surface area contributed by atoms with Crippen molar-refractivity contribution in [3.05, 3.63) is 63.9 Å². The van der Waals surface area contributed by atoms with Crippen LogP contribution in [0.25, 0.3) is 0 Å². The molecule has 1 heterocycles. The van der Waals surface area contributed by atoms with Crippen LogP contribution in [0.2, 0.25) is 0 Å². The quantitative estimate of drug-likeness (QED) is 0.551. The maximum absolute atomic E-state index is 13.1. The monoisotopic (exact) mass is 468 g/mol. The normalized spacial score (nSPS) is 12.7. The summed E-state index contributed by atoms with van der Waals surface area (Å²) in [5.41, 5.74) is 1.25. The van der Waals surface area contributed by atoms with Gasteiger partial charge in [0.2, 0.25) is 4.80 Å². The summed E-state index contributed by atoms with van der Waals surface area (Å²) in [5.74, 6) is 1.09. The summed E-state index contributed by atoms with van der Waals surface area (Å²) in [7, 11) is -5.21. The van der Waals surface area contributed by atoms with Gasteiger partial charge in [-0.25, -0.2) is 12.4 Å². The van der Waals surface area contributed by atoms with Crippen molar-refractivity contribution in [2.45, 2.75) is 23.6 Å². The number of sulfonamides is 1. The van der Waals surface area contributed by atoms with Crippen LogP contribution in [0.15, 0.2) is 62.2 Å². The molecule has 0 aliphatic carbocycles. The van der Waals surface area contributed by atoms with E-state index in [1.807, 2.05) is 0 Å². The second-order valence-corrected chi connectivity index (χ2v) is 10.6. The largest absolute Gasteiger partial charge is 0.496 e. The fraction of sp³-hybridized carbons (Fsp3) is 0.211. The van der Waals surface area contributed by atoms with Crippen molar-refractivity contribution < 1.29 is 26.3 Å². The van der Waals surface area contributed by atoms with Crippen molar-refractivity contribution >= 4 is 31.4 Å². The van der Waals surface area contributed by atoms with E-state index in [0.29, 0.717) is 22.6 Å². The van der Waals surface area contributed by atoms with E-state index in [2.05, 4.69) is 4.40 Å². The zero-order valence-electron chi connectivity index (χ0n) is 16.7. The van der Waals surface area contributed by atoms with Crippen LogP contribution in [0.3, 0.4) is 0 Å². The Labute approximate surface area is 179 Å². The second-order valence-electron chi connectivity index (χ2n) is 6.32. The summed E-state index contributed by atoms with van der Waals surface area (Å²) < 4.78 is 66.7. The average Bonchev–Trinajstić information content (AvgIpc) is 3.16. The highest BCUT2D eigenvalue weighted by Crippen LogP contribution is 2.24. The van der Waals surface area contributed by atoms with Crippen LogP contribution in [-0.2, 0) is 20.0 Å². The Hall–Kier alpha value is -2.63. The molecule has 30 heavy (non-hydrogen) atoms. The molecule has 0 saturated carbocycles. The summed E-state index contributed by atoms with van der Waals surface area (Å²) >= 11 is 0.905. The molecule has 0 atom stereocenters. The third-order valence-electron chi connectivity index (χ3n) is 4.34. The Morgan fingerprint density at radius 1 is 0.867 bits per heavy atom. The molecule has 8 nitrogen and oxygen atoms in total. The number of hydrogen-bond acceptors (Lipinski definition) is 7. The van der Waals surface area contributed by atoms with Crippen molar-refractivity contribution in [2.24, 2.45) is 4.40 Å². The lowest BCUT2D eigenvalue weighted by molar-refractivity contribution is 0.411. The molecule has 0 amide bonds. The molecule has 0 aliphatic rings. The van der Waals surface area contributed by atoms with Crippen LogP contribution in [-0.4, -0.2) is 35.0 Å². The van der Waals surface area contributed by atoms with Gasteiger partial charge in [-0.2, -0.15) is 8.42 Å². The Kier molecular flexibility index (Phi) is 6.06. The Morgan fingerprint density at radius 3 is 1.93 bits per heavy atom. The predicted octanol–water partition coefficient (Wildman–Crippen LogP) is 2.71. The van der Waals surface area contributed by atoms with Gasteiger partial charge in [-0.1, -0.05) is 0 Å². The highest BCUT2D eigenvalue weighted by atomic mass is 32.2. The molecule has 0 bridgehead atoms. The predicted molar refractivity (Wildman–Crippen MR) is 113 cm³/mol. The lowest BCUT2D eigenvalue weighted by atomic mass is 10.2. The van der Waals surface area contributed by atoms with E-state index < -0.39 is 20.0 Å². The van der Waals surface area contributed by atoms with E-state index >= 15 is 0 Å². The molecule has 2 aromatic carbocycles. The van der Waals surface area contributed by atoms with Gasteiger partial charge < -0.3 is 9.47 Å². The van der Waals surface area contributed by atoms with E-state index in [1.165, 1.54) is 56.1 Å². The summed E-state index contributed by atoms with van der Waals surface area (Å²) in [5, 5.41) is 1.46. The van der Waals surface area contributed by atoms with Gasteiger partial charge in [-0.05, 0) is 61.4 Å². The first-order valence-corrected chi connectivity index (χ1v) is 12.4. The van der Waals surface area contributed by atoms with E-state index in [0.717, 1.165) is 15.3 Å². The molecule has 0 spiro atoms. The Morgan fingerprint density at radius 2 is 1.40 bits per heavy atom. The van der Waals surface area contributed by atoms with Crippen LogP contribution in [0.4, 0.5) is 0 Å². The number of rotatable bonds is 6. The van der Waals surface area contributed by atoms with Crippen LogP contribution >= 0.6 is 11.3 Å². The summed E-state index contributed by atoms with van der Waals surface area (Å²) in [6, 6.07) is 8.72.